The summed E-state index contributed by atoms with van der Waals surface area (Å²) in [6, 6.07) is 68.4. The molecular formula is C48H31N3. The van der Waals surface area contributed by atoms with Gasteiger partial charge in [0, 0.05) is 49.3 Å². The number of nitrogens with zero attached hydrogens (tertiary/aromatic N) is 3. The van der Waals surface area contributed by atoms with Gasteiger partial charge in [0.25, 0.3) is 0 Å². The molecule has 0 saturated carbocycles. The van der Waals surface area contributed by atoms with E-state index < -0.39 is 0 Å². The molecule has 0 aliphatic heterocycles. The fraction of sp³-hybridized carbons (Fsp3) is 0. The first-order valence-corrected chi connectivity index (χ1v) is 17.5. The fourth-order valence-corrected chi connectivity index (χ4v) is 8.47. The Labute approximate surface area is 294 Å². The molecule has 11 aromatic rings. The molecule has 0 radical (unpaired) electrons. The van der Waals surface area contributed by atoms with Gasteiger partial charge in [0.1, 0.15) is 0 Å². The van der Waals surface area contributed by atoms with Crippen molar-refractivity contribution in [2.75, 3.05) is 0 Å². The molecule has 0 aliphatic rings. The van der Waals surface area contributed by atoms with Crippen LogP contribution >= 0.6 is 0 Å². The van der Waals surface area contributed by atoms with Crippen molar-refractivity contribution in [3.63, 3.8) is 0 Å². The van der Waals surface area contributed by atoms with Gasteiger partial charge < -0.3 is 13.7 Å². The molecule has 0 atom stereocenters. The van der Waals surface area contributed by atoms with Crippen LogP contribution in [0.2, 0.25) is 0 Å². The highest BCUT2D eigenvalue weighted by Gasteiger charge is 2.19. The minimum atomic E-state index is 1.15. The Morgan fingerprint density at radius 3 is 1.16 bits per heavy atom. The molecule has 0 amide bonds. The van der Waals surface area contributed by atoms with Gasteiger partial charge in [0.05, 0.1) is 38.8 Å². The molecule has 0 spiro atoms. The van der Waals surface area contributed by atoms with E-state index in [1.807, 2.05) is 0 Å². The van der Waals surface area contributed by atoms with Crippen molar-refractivity contribution >= 4 is 65.4 Å². The summed E-state index contributed by atoms with van der Waals surface area (Å²) in [5.41, 5.74) is 13.1. The number of hydrogen-bond acceptors (Lipinski definition) is 0. The van der Waals surface area contributed by atoms with E-state index in [9.17, 15) is 0 Å². The van der Waals surface area contributed by atoms with Crippen LogP contribution in [0, 0.1) is 0 Å². The number of fused-ring (bicyclic) bond motifs is 9. The van der Waals surface area contributed by atoms with Gasteiger partial charge in [0.2, 0.25) is 0 Å². The van der Waals surface area contributed by atoms with Crippen LogP contribution in [-0.2, 0) is 0 Å². The smallest absolute Gasteiger partial charge is 0.0542 e. The Morgan fingerprint density at radius 1 is 0.255 bits per heavy atom. The van der Waals surface area contributed by atoms with Crippen LogP contribution in [-0.4, -0.2) is 13.7 Å². The second kappa shape index (κ2) is 10.8. The third-order valence-electron chi connectivity index (χ3n) is 10.6. The van der Waals surface area contributed by atoms with E-state index in [4.69, 9.17) is 0 Å². The van der Waals surface area contributed by atoms with Gasteiger partial charge in [-0.1, -0.05) is 121 Å². The molecule has 3 heteroatoms. The molecule has 0 saturated heterocycles. The number of para-hydroxylation sites is 5. The van der Waals surface area contributed by atoms with Crippen LogP contribution in [0.25, 0.3) is 93.6 Å². The van der Waals surface area contributed by atoms with E-state index in [-0.39, 0.29) is 0 Å². The highest BCUT2D eigenvalue weighted by atomic mass is 15.0. The van der Waals surface area contributed by atoms with E-state index >= 15 is 0 Å². The molecule has 8 aromatic carbocycles. The lowest BCUT2D eigenvalue weighted by Gasteiger charge is -2.14. The molecule has 0 N–H and O–H groups in total. The Morgan fingerprint density at radius 2 is 0.627 bits per heavy atom. The van der Waals surface area contributed by atoms with Gasteiger partial charge in [-0.3, -0.25) is 0 Å². The van der Waals surface area contributed by atoms with Crippen LogP contribution in [0.15, 0.2) is 188 Å². The first-order chi connectivity index (χ1) is 25.3. The second-order valence-electron chi connectivity index (χ2n) is 13.4. The van der Waals surface area contributed by atoms with Crippen LogP contribution in [0.3, 0.4) is 0 Å². The van der Waals surface area contributed by atoms with Crippen LogP contribution in [0.1, 0.15) is 0 Å². The average molecular weight is 650 g/mol. The molecule has 0 fully saturated rings. The van der Waals surface area contributed by atoms with Gasteiger partial charge in [-0.25, -0.2) is 0 Å². The lowest BCUT2D eigenvalue weighted by molar-refractivity contribution is 1.16. The third-order valence-corrected chi connectivity index (χ3v) is 10.6. The number of aromatic nitrogens is 3. The first kappa shape index (κ1) is 28.0. The Balaban J connectivity index is 1.15. The summed E-state index contributed by atoms with van der Waals surface area (Å²) in [6.07, 6.45) is 0. The van der Waals surface area contributed by atoms with Crippen molar-refractivity contribution in [2.24, 2.45) is 0 Å². The van der Waals surface area contributed by atoms with Crippen molar-refractivity contribution in [1.82, 2.24) is 13.7 Å². The zero-order valence-corrected chi connectivity index (χ0v) is 27.7. The maximum Gasteiger partial charge on any atom is 0.0542 e. The third kappa shape index (κ3) is 4.06. The van der Waals surface area contributed by atoms with Crippen molar-refractivity contribution in [2.45, 2.75) is 0 Å². The van der Waals surface area contributed by atoms with E-state index in [1.54, 1.807) is 0 Å². The maximum atomic E-state index is 2.43. The minimum Gasteiger partial charge on any atom is -0.309 e. The number of rotatable bonds is 4. The standard InChI is InChI=1S/C48H31N3/c1-2-14-32(15-3-1)35-16-4-9-21-42(35)51-46-25-13-8-20-39(46)41-31-34(27-29-48(41)51)50-45-24-12-7-19-38(45)40-30-33(26-28-47(40)50)49-43-22-10-5-17-36(43)37-18-6-11-23-44(37)49/h1-31H. The summed E-state index contributed by atoms with van der Waals surface area (Å²) < 4.78 is 7.27. The van der Waals surface area contributed by atoms with Crippen LogP contribution in [0.5, 0.6) is 0 Å². The van der Waals surface area contributed by atoms with Crippen LogP contribution < -0.4 is 0 Å². The van der Waals surface area contributed by atoms with Crippen molar-refractivity contribution < 1.29 is 0 Å². The summed E-state index contributed by atoms with van der Waals surface area (Å²) in [4.78, 5) is 0. The monoisotopic (exact) mass is 649 g/mol. The molecule has 51 heavy (non-hydrogen) atoms. The summed E-state index contributed by atoms with van der Waals surface area (Å²) in [5, 5.41) is 7.51. The highest BCUT2D eigenvalue weighted by molar-refractivity contribution is 6.14. The first-order valence-electron chi connectivity index (χ1n) is 17.5. The molecule has 3 aromatic heterocycles. The van der Waals surface area contributed by atoms with Gasteiger partial charge in [0.15, 0.2) is 0 Å². The summed E-state index contributed by atoms with van der Waals surface area (Å²) in [7, 11) is 0. The average Bonchev–Trinajstić information content (AvgIpc) is 3.83. The Hall–Kier alpha value is -6.84. The van der Waals surface area contributed by atoms with E-state index in [0.29, 0.717) is 0 Å². The molecular weight excluding hydrogens is 619 g/mol. The fourth-order valence-electron chi connectivity index (χ4n) is 8.47. The minimum absolute atomic E-state index is 1.15. The summed E-state index contributed by atoms with van der Waals surface area (Å²) in [6.45, 7) is 0. The van der Waals surface area contributed by atoms with Crippen molar-refractivity contribution in [3.8, 4) is 28.2 Å². The van der Waals surface area contributed by atoms with Gasteiger partial charge in [-0.05, 0) is 72.3 Å². The Kier molecular flexibility index (Phi) is 5.96. The van der Waals surface area contributed by atoms with Gasteiger partial charge in [-0.15, -0.1) is 0 Å². The number of benzene rings is 8. The SMILES string of the molecule is c1ccc(-c2ccccc2-n2c3ccccc3c3cc(-n4c5ccccc5c5cc(-n6c7ccccc7c7ccccc76)ccc54)ccc32)cc1. The predicted molar refractivity (Wildman–Crippen MR) is 215 cm³/mol. The highest BCUT2D eigenvalue weighted by Crippen LogP contribution is 2.40. The molecule has 0 aliphatic carbocycles. The zero-order valence-electron chi connectivity index (χ0n) is 27.7. The predicted octanol–water partition coefficient (Wildman–Crippen LogP) is 12.6. The van der Waals surface area contributed by atoms with Gasteiger partial charge >= 0.3 is 0 Å². The largest absolute Gasteiger partial charge is 0.309 e. The van der Waals surface area contributed by atoms with Crippen molar-refractivity contribution in [3.05, 3.63) is 188 Å². The quantitative estimate of drug-likeness (QED) is 0.180. The lowest BCUT2D eigenvalue weighted by Crippen LogP contribution is -1.98. The van der Waals surface area contributed by atoms with Crippen molar-refractivity contribution in [1.29, 1.82) is 0 Å². The molecule has 11 rings (SSSR count). The second-order valence-corrected chi connectivity index (χ2v) is 13.4. The van der Waals surface area contributed by atoms with Crippen LogP contribution in [0.4, 0.5) is 0 Å². The summed E-state index contributed by atoms with van der Waals surface area (Å²) >= 11 is 0. The normalized spacial score (nSPS) is 11.9. The Bertz CT molecular complexity index is 3080. The molecule has 238 valence electrons. The molecule has 3 nitrogen and oxygen atoms in total. The molecule has 0 unspecified atom stereocenters. The maximum absolute atomic E-state index is 2.43. The van der Waals surface area contributed by atoms with E-state index in [0.717, 1.165) is 5.69 Å². The van der Waals surface area contributed by atoms with E-state index in [2.05, 4.69) is 202 Å². The lowest BCUT2D eigenvalue weighted by atomic mass is 10.0. The topological polar surface area (TPSA) is 14.8 Å². The number of hydrogen-bond donors (Lipinski definition) is 0. The summed E-state index contributed by atoms with van der Waals surface area (Å²) in [5.74, 6) is 0. The van der Waals surface area contributed by atoms with E-state index in [1.165, 1.54) is 87.9 Å². The zero-order chi connectivity index (χ0) is 33.5. The molecule has 0 bridgehead atoms. The molecule has 3 heterocycles. The van der Waals surface area contributed by atoms with Gasteiger partial charge in [-0.2, -0.15) is 0 Å².